The number of amides is 1. The number of methoxy groups -OCH3 is 2. The number of carbonyl (C=O) groups is 1. The fraction of sp³-hybridized carbons (Fsp3) is 0.238. The van der Waals surface area contributed by atoms with Gasteiger partial charge < -0.3 is 14.4 Å². The molecule has 0 spiro atoms. The summed E-state index contributed by atoms with van der Waals surface area (Å²) in [7, 11) is 3.11. The van der Waals surface area contributed by atoms with Gasteiger partial charge in [0.25, 0.3) is 11.8 Å². The van der Waals surface area contributed by atoms with Gasteiger partial charge in [0.2, 0.25) is 0 Å². The molecule has 3 aromatic heterocycles. The van der Waals surface area contributed by atoms with Gasteiger partial charge in [0.15, 0.2) is 5.75 Å². The van der Waals surface area contributed by atoms with E-state index in [1.807, 2.05) is 37.3 Å². The summed E-state index contributed by atoms with van der Waals surface area (Å²) in [4.78, 5) is 27.9. The Bertz CT molecular complexity index is 1050. The molecule has 7 heteroatoms. The minimum absolute atomic E-state index is 0.0484. The zero-order valence-electron chi connectivity index (χ0n) is 16.0. The van der Waals surface area contributed by atoms with Crippen LogP contribution >= 0.6 is 0 Å². The molecule has 4 heterocycles. The van der Waals surface area contributed by atoms with Crippen molar-refractivity contribution in [3.63, 3.8) is 0 Å². The molecule has 0 atom stereocenters. The van der Waals surface area contributed by atoms with E-state index in [2.05, 4.69) is 9.97 Å². The van der Waals surface area contributed by atoms with E-state index in [9.17, 15) is 4.79 Å². The number of ether oxygens (including phenoxy) is 2. The third kappa shape index (κ3) is 3.05. The molecule has 0 aromatic carbocycles. The second-order valence-electron chi connectivity index (χ2n) is 6.38. The molecule has 0 aliphatic carbocycles. The molecular weight excluding hydrogens is 356 g/mol. The van der Waals surface area contributed by atoms with Crippen LogP contribution in [0.15, 0.2) is 42.7 Å². The lowest BCUT2D eigenvalue weighted by Gasteiger charge is -2.15. The number of hydrogen-bond acceptors (Lipinski definition) is 6. The van der Waals surface area contributed by atoms with Crippen molar-refractivity contribution in [3.05, 3.63) is 59.7 Å². The fourth-order valence-corrected chi connectivity index (χ4v) is 3.25. The van der Waals surface area contributed by atoms with Gasteiger partial charge in [-0.2, -0.15) is 0 Å². The average Bonchev–Trinajstić information content (AvgIpc) is 3.09. The van der Waals surface area contributed by atoms with E-state index in [0.29, 0.717) is 23.7 Å². The SMILES string of the molecule is CCc1cc(N2Cc3nc(-c4cnc(OC)c(OC)c4)ccc3C2=O)ccn1. The Labute approximate surface area is 163 Å². The largest absolute Gasteiger partial charge is 0.491 e. The second kappa shape index (κ2) is 7.26. The molecule has 0 N–H and O–H groups in total. The molecule has 0 bridgehead atoms. The van der Waals surface area contributed by atoms with E-state index < -0.39 is 0 Å². The van der Waals surface area contributed by atoms with Crippen molar-refractivity contribution in [1.82, 2.24) is 15.0 Å². The number of pyridine rings is 3. The first-order valence-electron chi connectivity index (χ1n) is 8.99. The number of anilines is 1. The summed E-state index contributed by atoms with van der Waals surface area (Å²) in [6.07, 6.45) is 4.23. The summed E-state index contributed by atoms with van der Waals surface area (Å²) < 4.78 is 10.5. The fourth-order valence-electron chi connectivity index (χ4n) is 3.25. The van der Waals surface area contributed by atoms with Crippen molar-refractivity contribution < 1.29 is 14.3 Å². The van der Waals surface area contributed by atoms with Gasteiger partial charge in [0.05, 0.1) is 37.7 Å². The van der Waals surface area contributed by atoms with Crippen molar-refractivity contribution >= 4 is 11.6 Å². The van der Waals surface area contributed by atoms with Crippen LogP contribution in [0.25, 0.3) is 11.3 Å². The van der Waals surface area contributed by atoms with E-state index in [1.165, 1.54) is 0 Å². The van der Waals surface area contributed by atoms with E-state index in [0.717, 1.165) is 34.8 Å². The Morgan fingerprint density at radius 3 is 2.71 bits per heavy atom. The summed E-state index contributed by atoms with van der Waals surface area (Å²) in [5.41, 5.74) is 4.67. The Balaban J connectivity index is 1.67. The Kier molecular flexibility index (Phi) is 4.65. The molecule has 0 saturated heterocycles. The van der Waals surface area contributed by atoms with Crippen LogP contribution in [-0.2, 0) is 13.0 Å². The zero-order valence-corrected chi connectivity index (χ0v) is 16.0. The summed E-state index contributed by atoms with van der Waals surface area (Å²) in [6, 6.07) is 9.27. The number of rotatable bonds is 5. The number of carbonyl (C=O) groups excluding carboxylic acids is 1. The van der Waals surface area contributed by atoms with Crippen molar-refractivity contribution in [1.29, 1.82) is 0 Å². The summed E-state index contributed by atoms with van der Waals surface area (Å²) in [5.74, 6) is 0.898. The van der Waals surface area contributed by atoms with Gasteiger partial charge in [-0.1, -0.05) is 6.92 Å². The molecular formula is C21H20N4O3. The molecule has 7 nitrogen and oxygen atoms in total. The normalized spacial score (nSPS) is 12.8. The molecule has 0 saturated carbocycles. The maximum Gasteiger partial charge on any atom is 0.260 e. The molecule has 1 aliphatic heterocycles. The van der Waals surface area contributed by atoms with Gasteiger partial charge in [0.1, 0.15) is 0 Å². The Hall–Kier alpha value is -3.48. The molecule has 0 radical (unpaired) electrons. The molecule has 1 aliphatic rings. The molecule has 4 rings (SSSR count). The van der Waals surface area contributed by atoms with Gasteiger partial charge in [-0.15, -0.1) is 0 Å². The van der Waals surface area contributed by atoms with Crippen molar-refractivity contribution in [2.24, 2.45) is 0 Å². The minimum Gasteiger partial charge on any atom is -0.491 e. The summed E-state index contributed by atoms with van der Waals surface area (Å²) >= 11 is 0. The predicted octanol–water partition coefficient (Wildman–Crippen LogP) is 3.28. The highest BCUT2D eigenvalue weighted by Crippen LogP contribution is 2.32. The lowest BCUT2D eigenvalue weighted by atomic mass is 10.1. The lowest BCUT2D eigenvalue weighted by molar-refractivity contribution is 0.0996. The standard InChI is InChI=1S/C21H20N4O3/c1-4-14-10-15(7-8-22-14)25-12-18-16(21(25)26)5-6-17(24-18)13-9-19(27-2)20(28-3)23-11-13/h5-11H,4,12H2,1-3H3. The predicted molar refractivity (Wildman–Crippen MR) is 105 cm³/mol. The van der Waals surface area contributed by atoms with E-state index in [1.54, 1.807) is 31.5 Å². The van der Waals surface area contributed by atoms with Crippen LogP contribution in [0.3, 0.4) is 0 Å². The monoisotopic (exact) mass is 376 g/mol. The van der Waals surface area contributed by atoms with Crippen LogP contribution in [0.4, 0.5) is 5.69 Å². The van der Waals surface area contributed by atoms with E-state index in [-0.39, 0.29) is 5.91 Å². The first kappa shape index (κ1) is 17.9. The lowest BCUT2D eigenvalue weighted by Crippen LogP contribution is -2.23. The quantitative estimate of drug-likeness (QED) is 0.680. The molecule has 28 heavy (non-hydrogen) atoms. The third-order valence-electron chi connectivity index (χ3n) is 4.76. The van der Waals surface area contributed by atoms with Crippen LogP contribution in [0, 0.1) is 0 Å². The van der Waals surface area contributed by atoms with Crippen LogP contribution < -0.4 is 14.4 Å². The molecule has 3 aromatic rings. The molecule has 0 unspecified atom stereocenters. The Morgan fingerprint density at radius 2 is 1.96 bits per heavy atom. The maximum atomic E-state index is 12.8. The molecule has 0 fully saturated rings. The first-order chi connectivity index (χ1) is 13.6. The van der Waals surface area contributed by atoms with Crippen molar-refractivity contribution in [3.8, 4) is 22.9 Å². The van der Waals surface area contributed by atoms with Crippen molar-refractivity contribution in [2.75, 3.05) is 19.1 Å². The highest BCUT2D eigenvalue weighted by Gasteiger charge is 2.30. The van der Waals surface area contributed by atoms with Crippen LogP contribution in [0.2, 0.25) is 0 Å². The smallest absolute Gasteiger partial charge is 0.260 e. The second-order valence-corrected chi connectivity index (χ2v) is 6.38. The van der Waals surface area contributed by atoms with E-state index >= 15 is 0 Å². The minimum atomic E-state index is -0.0484. The van der Waals surface area contributed by atoms with Gasteiger partial charge in [-0.25, -0.2) is 4.98 Å². The van der Waals surface area contributed by atoms with Gasteiger partial charge >= 0.3 is 0 Å². The van der Waals surface area contributed by atoms with Gasteiger partial charge in [-0.3, -0.25) is 14.8 Å². The molecule has 1 amide bonds. The maximum absolute atomic E-state index is 12.8. The third-order valence-corrected chi connectivity index (χ3v) is 4.76. The van der Waals surface area contributed by atoms with Crippen LogP contribution in [0.1, 0.15) is 28.7 Å². The summed E-state index contributed by atoms with van der Waals surface area (Å²) in [5, 5.41) is 0. The highest BCUT2D eigenvalue weighted by molar-refractivity contribution is 6.09. The Morgan fingerprint density at radius 1 is 1.11 bits per heavy atom. The van der Waals surface area contributed by atoms with Crippen LogP contribution in [-0.4, -0.2) is 35.1 Å². The number of fused-ring (bicyclic) bond motifs is 1. The first-order valence-corrected chi connectivity index (χ1v) is 8.99. The number of nitrogens with zero attached hydrogens (tertiary/aromatic N) is 4. The van der Waals surface area contributed by atoms with Gasteiger partial charge in [-0.05, 0) is 36.8 Å². The average molecular weight is 376 g/mol. The number of aromatic nitrogens is 3. The molecule has 142 valence electrons. The zero-order chi connectivity index (χ0) is 19.7. The number of hydrogen-bond donors (Lipinski definition) is 0. The van der Waals surface area contributed by atoms with Gasteiger partial charge in [0, 0.05) is 29.3 Å². The van der Waals surface area contributed by atoms with E-state index in [4.69, 9.17) is 14.5 Å². The topological polar surface area (TPSA) is 77.4 Å². The van der Waals surface area contributed by atoms with Crippen molar-refractivity contribution in [2.45, 2.75) is 19.9 Å². The van der Waals surface area contributed by atoms with Crippen LogP contribution in [0.5, 0.6) is 11.6 Å². The number of aryl methyl sites for hydroxylation is 1. The summed E-state index contributed by atoms with van der Waals surface area (Å²) in [6.45, 7) is 2.47. The highest BCUT2D eigenvalue weighted by atomic mass is 16.5.